The fourth-order valence-corrected chi connectivity index (χ4v) is 5.21. The van der Waals surface area contributed by atoms with Gasteiger partial charge in [0.05, 0.1) is 11.6 Å². The maximum Gasteiger partial charge on any atom is 0.325 e. The van der Waals surface area contributed by atoms with E-state index in [0.29, 0.717) is 40.1 Å². The summed E-state index contributed by atoms with van der Waals surface area (Å²) >= 11 is 0. The standard InChI is InChI=1S/C32H37N5O4/c1-5-36-15-11-23(12-16-36)22-6-8-24(9-7-22)31(38)35-30-19-26(10-14-34-30)41-28-18-25-13-17-37(32(39)33-4)27(25)20-29(28)40-21(2)3/h6-10,13-14,17-21,23H,5,11-12,15-16H2,1-4H3,(H,33,39)(H,34,35,38). The number of carbonyl (C=O) groups is 2. The number of aromatic nitrogens is 2. The fraction of sp³-hybridized carbons (Fsp3) is 0.344. The second kappa shape index (κ2) is 12.4. The summed E-state index contributed by atoms with van der Waals surface area (Å²) in [6.45, 7) is 9.39. The number of anilines is 1. The average molecular weight is 556 g/mol. The second-order valence-corrected chi connectivity index (χ2v) is 10.5. The number of nitrogens with one attached hydrogen (secondary N) is 2. The summed E-state index contributed by atoms with van der Waals surface area (Å²) < 4.78 is 13.8. The predicted octanol–water partition coefficient (Wildman–Crippen LogP) is 6.25. The van der Waals surface area contributed by atoms with Crippen molar-refractivity contribution in [2.24, 2.45) is 0 Å². The van der Waals surface area contributed by atoms with Crippen LogP contribution < -0.4 is 20.1 Å². The molecule has 0 saturated carbocycles. The zero-order valence-corrected chi connectivity index (χ0v) is 24.0. The van der Waals surface area contributed by atoms with Gasteiger partial charge in [0.2, 0.25) is 0 Å². The zero-order chi connectivity index (χ0) is 28.9. The van der Waals surface area contributed by atoms with Crippen molar-refractivity contribution in [3.8, 4) is 17.2 Å². The number of carbonyl (C=O) groups excluding carboxylic acids is 2. The van der Waals surface area contributed by atoms with E-state index in [9.17, 15) is 9.59 Å². The molecule has 2 aromatic carbocycles. The molecule has 9 nitrogen and oxygen atoms in total. The highest BCUT2D eigenvalue weighted by Crippen LogP contribution is 2.37. The molecular weight excluding hydrogens is 518 g/mol. The minimum Gasteiger partial charge on any atom is -0.487 e. The van der Waals surface area contributed by atoms with Gasteiger partial charge >= 0.3 is 6.03 Å². The highest BCUT2D eigenvalue weighted by molar-refractivity contribution is 6.03. The third kappa shape index (κ3) is 6.52. The Kier molecular flexibility index (Phi) is 8.54. The number of hydrogen-bond donors (Lipinski definition) is 2. The van der Waals surface area contributed by atoms with Crippen LogP contribution in [0.1, 0.15) is 55.5 Å². The Morgan fingerprint density at radius 2 is 1.78 bits per heavy atom. The van der Waals surface area contributed by atoms with Gasteiger partial charge in [0, 0.05) is 42.5 Å². The minimum absolute atomic E-state index is 0.110. The first kappa shape index (κ1) is 28.2. The first-order valence-corrected chi connectivity index (χ1v) is 14.2. The van der Waals surface area contributed by atoms with E-state index in [1.807, 2.05) is 38.1 Å². The zero-order valence-electron chi connectivity index (χ0n) is 24.0. The van der Waals surface area contributed by atoms with Gasteiger partial charge < -0.3 is 25.0 Å². The minimum atomic E-state index is -0.245. The number of likely N-dealkylation sites (tertiary alicyclic amines) is 1. The molecule has 2 N–H and O–H groups in total. The Labute approximate surface area is 240 Å². The molecular formula is C32H37N5O4. The molecule has 2 amide bonds. The maximum absolute atomic E-state index is 13.0. The van der Waals surface area contributed by atoms with Crippen molar-refractivity contribution in [3.05, 3.63) is 78.1 Å². The summed E-state index contributed by atoms with van der Waals surface area (Å²) in [6, 6.07) is 16.5. The van der Waals surface area contributed by atoms with Gasteiger partial charge in [0.15, 0.2) is 11.5 Å². The topological polar surface area (TPSA) is 97.7 Å². The van der Waals surface area contributed by atoms with Crippen LogP contribution in [0, 0.1) is 0 Å². The number of amides is 2. The van der Waals surface area contributed by atoms with Crippen LogP contribution in [-0.4, -0.2) is 59.2 Å². The van der Waals surface area contributed by atoms with Crippen molar-refractivity contribution >= 4 is 28.7 Å². The monoisotopic (exact) mass is 555 g/mol. The molecule has 4 aromatic rings. The summed E-state index contributed by atoms with van der Waals surface area (Å²) in [5, 5.41) is 6.34. The summed E-state index contributed by atoms with van der Waals surface area (Å²) in [6.07, 6.45) is 5.47. The Balaban J connectivity index is 1.30. The molecule has 0 unspecified atom stereocenters. The van der Waals surface area contributed by atoms with Crippen molar-refractivity contribution in [2.75, 3.05) is 32.0 Å². The molecule has 0 atom stereocenters. The smallest absolute Gasteiger partial charge is 0.325 e. The summed E-state index contributed by atoms with van der Waals surface area (Å²) in [5.74, 6) is 2.16. The van der Waals surface area contributed by atoms with Crippen LogP contribution in [0.3, 0.4) is 0 Å². The molecule has 9 heteroatoms. The lowest BCUT2D eigenvalue weighted by Crippen LogP contribution is -2.32. The van der Waals surface area contributed by atoms with E-state index in [1.54, 1.807) is 37.6 Å². The summed E-state index contributed by atoms with van der Waals surface area (Å²) in [5.41, 5.74) is 2.56. The Morgan fingerprint density at radius 1 is 1.02 bits per heavy atom. The molecule has 214 valence electrons. The van der Waals surface area contributed by atoms with Crippen LogP contribution in [0.2, 0.25) is 0 Å². The van der Waals surface area contributed by atoms with Crippen molar-refractivity contribution in [3.63, 3.8) is 0 Å². The normalized spacial score (nSPS) is 14.3. The fourth-order valence-electron chi connectivity index (χ4n) is 5.21. The van der Waals surface area contributed by atoms with E-state index in [2.05, 4.69) is 39.6 Å². The molecule has 1 fully saturated rings. The van der Waals surface area contributed by atoms with Crippen LogP contribution in [0.15, 0.2) is 67.0 Å². The molecule has 2 aromatic heterocycles. The van der Waals surface area contributed by atoms with Crippen molar-refractivity contribution in [2.45, 2.75) is 45.6 Å². The average Bonchev–Trinajstić information content (AvgIpc) is 3.39. The largest absolute Gasteiger partial charge is 0.487 e. The molecule has 1 aliphatic heterocycles. The lowest BCUT2D eigenvalue weighted by Gasteiger charge is -2.31. The lowest BCUT2D eigenvalue weighted by molar-refractivity contribution is 0.102. The van der Waals surface area contributed by atoms with Gasteiger partial charge in [0.25, 0.3) is 5.91 Å². The molecule has 1 aliphatic rings. The van der Waals surface area contributed by atoms with Crippen LogP contribution >= 0.6 is 0 Å². The van der Waals surface area contributed by atoms with Gasteiger partial charge in [-0.3, -0.25) is 9.36 Å². The lowest BCUT2D eigenvalue weighted by atomic mass is 9.89. The van der Waals surface area contributed by atoms with Gasteiger partial charge in [0.1, 0.15) is 11.6 Å². The number of rotatable bonds is 8. The molecule has 0 bridgehead atoms. The van der Waals surface area contributed by atoms with Crippen molar-refractivity contribution in [1.29, 1.82) is 0 Å². The maximum atomic E-state index is 13.0. The highest BCUT2D eigenvalue weighted by Gasteiger charge is 2.20. The van der Waals surface area contributed by atoms with E-state index >= 15 is 0 Å². The molecule has 3 heterocycles. The number of pyridine rings is 1. The molecule has 41 heavy (non-hydrogen) atoms. The third-order valence-corrected chi connectivity index (χ3v) is 7.43. The molecule has 5 rings (SSSR count). The van der Waals surface area contributed by atoms with Crippen LogP contribution in [0.4, 0.5) is 10.6 Å². The highest BCUT2D eigenvalue weighted by atomic mass is 16.5. The number of benzene rings is 2. The van der Waals surface area contributed by atoms with Crippen LogP contribution in [0.25, 0.3) is 10.9 Å². The van der Waals surface area contributed by atoms with E-state index in [-0.39, 0.29) is 18.0 Å². The number of ether oxygens (including phenoxy) is 2. The number of fused-ring (bicyclic) bond motifs is 1. The Morgan fingerprint density at radius 3 is 2.46 bits per heavy atom. The molecule has 0 aliphatic carbocycles. The first-order chi connectivity index (χ1) is 19.8. The van der Waals surface area contributed by atoms with E-state index in [1.165, 1.54) is 10.1 Å². The Bertz CT molecular complexity index is 1520. The van der Waals surface area contributed by atoms with Crippen LogP contribution in [0.5, 0.6) is 17.2 Å². The first-order valence-electron chi connectivity index (χ1n) is 14.2. The quantitative estimate of drug-likeness (QED) is 0.267. The van der Waals surface area contributed by atoms with Gasteiger partial charge in [-0.25, -0.2) is 9.78 Å². The van der Waals surface area contributed by atoms with E-state index in [4.69, 9.17) is 9.47 Å². The van der Waals surface area contributed by atoms with Crippen molar-refractivity contribution in [1.82, 2.24) is 19.8 Å². The van der Waals surface area contributed by atoms with Gasteiger partial charge in [-0.1, -0.05) is 19.1 Å². The third-order valence-electron chi connectivity index (χ3n) is 7.43. The SMILES string of the molecule is CCN1CCC(c2ccc(C(=O)Nc3cc(Oc4cc5ccn(C(=O)NC)c5cc4OC(C)C)ccn3)cc2)CC1. The molecule has 0 radical (unpaired) electrons. The Hall–Kier alpha value is -4.37. The second-order valence-electron chi connectivity index (χ2n) is 10.5. The summed E-state index contributed by atoms with van der Waals surface area (Å²) in [4.78, 5) is 32.1. The van der Waals surface area contributed by atoms with Crippen molar-refractivity contribution < 1.29 is 19.1 Å². The predicted molar refractivity (Wildman–Crippen MR) is 160 cm³/mol. The molecule has 1 saturated heterocycles. The van der Waals surface area contributed by atoms with Gasteiger partial charge in [-0.15, -0.1) is 0 Å². The number of hydrogen-bond acceptors (Lipinski definition) is 6. The van der Waals surface area contributed by atoms with E-state index < -0.39 is 0 Å². The molecule has 0 spiro atoms. The van der Waals surface area contributed by atoms with Crippen LogP contribution in [-0.2, 0) is 0 Å². The number of nitrogens with zero attached hydrogens (tertiary/aromatic N) is 3. The summed E-state index contributed by atoms with van der Waals surface area (Å²) in [7, 11) is 1.59. The van der Waals surface area contributed by atoms with E-state index in [0.717, 1.165) is 37.9 Å². The van der Waals surface area contributed by atoms with Gasteiger partial charge in [-0.05, 0) is 88.1 Å². The number of piperidine rings is 1. The van der Waals surface area contributed by atoms with Gasteiger partial charge in [-0.2, -0.15) is 0 Å².